The molecule has 7 nitrogen and oxygen atoms in total. The normalized spacial score (nSPS) is 20.7. The SMILES string of the molecule is CC1CCCN(S(=O)(=O)c2ccc(NC(=O)c3ccnc(C4CC4)n3)cc2)C1. The van der Waals surface area contributed by atoms with Crippen LogP contribution in [0.4, 0.5) is 5.69 Å². The van der Waals surface area contributed by atoms with Gasteiger partial charge in [0.15, 0.2) is 0 Å². The van der Waals surface area contributed by atoms with Crippen molar-refractivity contribution in [3.8, 4) is 0 Å². The van der Waals surface area contributed by atoms with Crippen LogP contribution in [0.2, 0.25) is 0 Å². The highest BCUT2D eigenvalue weighted by Crippen LogP contribution is 2.37. The largest absolute Gasteiger partial charge is 0.321 e. The van der Waals surface area contributed by atoms with Gasteiger partial charge in [-0.1, -0.05) is 6.92 Å². The summed E-state index contributed by atoms with van der Waals surface area (Å²) in [6, 6.07) is 7.89. The molecule has 0 radical (unpaired) electrons. The van der Waals surface area contributed by atoms with Crippen LogP contribution in [-0.4, -0.2) is 41.7 Å². The van der Waals surface area contributed by atoms with E-state index in [9.17, 15) is 13.2 Å². The molecule has 0 bridgehead atoms. The van der Waals surface area contributed by atoms with Crippen molar-refractivity contribution in [1.82, 2.24) is 14.3 Å². The second kappa shape index (κ2) is 7.60. The lowest BCUT2D eigenvalue weighted by Crippen LogP contribution is -2.39. The van der Waals surface area contributed by atoms with E-state index in [-0.39, 0.29) is 10.8 Å². The molecular formula is C20H24N4O3S. The molecule has 1 N–H and O–H groups in total. The van der Waals surface area contributed by atoms with Crippen molar-refractivity contribution in [3.05, 3.63) is 48.0 Å². The third kappa shape index (κ3) is 4.07. The van der Waals surface area contributed by atoms with E-state index >= 15 is 0 Å². The van der Waals surface area contributed by atoms with Crippen LogP contribution in [0.15, 0.2) is 41.4 Å². The average Bonchev–Trinajstić information content (AvgIpc) is 3.54. The Labute approximate surface area is 165 Å². The Morgan fingerprint density at radius 3 is 2.57 bits per heavy atom. The summed E-state index contributed by atoms with van der Waals surface area (Å²) in [5, 5.41) is 2.77. The van der Waals surface area contributed by atoms with E-state index in [4.69, 9.17) is 0 Å². The molecule has 2 fully saturated rings. The molecule has 2 aliphatic rings. The maximum Gasteiger partial charge on any atom is 0.274 e. The number of hydrogen-bond acceptors (Lipinski definition) is 5. The van der Waals surface area contributed by atoms with E-state index in [0.29, 0.717) is 42.1 Å². The molecule has 1 aliphatic heterocycles. The van der Waals surface area contributed by atoms with E-state index in [1.165, 1.54) is 0 Å². The summed E-state index contributed by atoms with van der Waals surface area (Å²) < 4.78 is 27.2. The van der Waals surface area contributed by atoms with Gasteiger partial charge in [0.25, 0.3) is 5.91 Å². The van der Waals surface area contributed by atoms with Gasteiger partial charge in [0.05, 0.1) is 4.90 Å². The zero-order valence-corrected chi connectivity index (χ0v) is 16.7. The standard InChI is InChI=1S/C20H24N4O3S/c1-14-3-2-12-24(13-14)28(26,27)17-8-6-16(7-9-17)22-20(25)18-10-11-21-19(23-18)15-4-5-15/h6-11,14-15H,2-5,12-13H2,1H3,(H,22,25). The van der Waals surface area contributed by atoms with Gasteiger partial charge in [-0.2, -0.15) is 4.31 Å². The van der Waals surface area contributed by atoms with Gasteiger partial charge in [0, 0.05) is 30.9 Å². The van der Waals surface area contributed by atoms with Crippen LogP contribution in [0.25, 0.3) is 0 Å². The Morgan fingerprint density at radius 1 is 1.14 bits per heavy atom. The highest BCUT2D eigenvalue weighted by atomic mass is 32.2. The predicted octanol–water partition coefficient (Wildman–Crippen LogP) is 3.03. The van der Waals surface area contributed by atoms with Crippen molar-refractivity contribution in [1.29, 1.82) is 0 Å². The summed E-state index contributed by atoms with van der Waals surface area (Å²) in [6.07, 6.45) is 5.68. The lowest BCUT2D eigenvalue weighted by Gasteiger charge is -2.30. The van der Waals surface area contributed by atoms with Gasteiger partial charge in [0.1, 0.15) is 11.5 Å². The van der Waals surface area contributed by atoms with Gasteiger partial charge in [-0.05, 0) is 61.9 Å². The fourth-order valence-corrected chi connectivity index (χ4v) is 5.06. The minimum absolute atomic E-state index is 0.248. The number of nitrogens with zero attached hydrogens (tertiary/aromatic N) is 3. The van der Waals surface area contributed by atoms with E-state index in [0.717, 1.165) is 25.7 Å². The molecule has 1 saturated heterocycles. The molecule has 1 aromatic carbocycles. The first-order valence-electron chi connectivity index (χ1n) is 9.68. The molecule has 1 aromatic heterocycles. The van der Waals surface area contributed by atoms with Crippen LogP contribution in [-0.2, 0) is 10.0 Å². The highest BCUT2D eigenvalue weighted by Gasteiger charge is 2.29. The lowest BCUT2D eigenvalue weighted by atomic mass is 10.0. The maximum atomic E-state index is 12.8. The Balaban J connectivity index is 1.45. The zero-order chi connectivity index (χ0) is 19.7. The van der Waals surface area contributed by atoms with Crippen LogP contribution in [0.5, 0.6) is 0 Å². The number of aromatic nitrogens is 2. The number of hydrogen-bond donors (Lipinski definition) is 1. The van der Waals surface area contributed by atoms with Gasteiger partial charge in [0.2, 0.25) is 10.0 Å². The highest BCUT2D eigenvalue weighted by molar-refractivity contribution is 7.89. The molecule has 2 aromatic rings. The molecule has 4 rings (SSSR count). The topological polar surface area (TPSA) is 92.3 Å². The summed E-state index contributed by atoms with van der Waals surface area (Å²) in [5.74, 6) is 1.12. The molecule has 28 heavy (non-hydrogen) atoms. The van der Waals surface area contributed by atoms with Gasteiger partial charge in [-0.25, -0.2) is 18.4 Å². The molecule has 2 heterocycles. The summed E-state index contributed by atoms with van der Waals surface area (Å²) in [7, 11) is -3.50. The molecule has 0 spiro atoms. The van der Waals surface area contributed by atoms with Crippen molar-refractivity contribution in [3.63, 3.8) is 0 Å². The molecule has 1 aliphatic carbocycles. The van der Waals surface area contributed by atoms with E-state index in [1.54, 1.807) is 40.8 Å². The smallest absolute Gasteiger partial charge is 0.274 e. The number of benzene rings is 1. The number of carbonyl (C=O) groups is 1. The predicted molar refractivity (Wildman–Crippen MR) is 106 cm³/mol. The van der Waals surface area contributed by atoms with Crippen molar-refractivity contribution in [2.24, 2.45) is 5.92 Å². The molecule has 1 amide bonds. The first-order valence-corrected chi connectivity index (χ1v) is 11.1. The van der Waals surface area contributed by atoms with Crippen LogP contribution < -0.4 is 5.32 Å². The van der Waals surface area contributed by atoms with Crippen molar-refractivity contribution >= 4 is 21.6 Å². The fraction of sp³-hybridized carbons (Fsp3) is 0.450. The van der Waals surface area contributed by atoms with Gasteiger partial charge in [-0.3, -0.25) is 4.79 Å². The summed E-state index contributed by atoms with van der Waals surface area (Å²) in [4.78, 5) is 21.2. The first kappa shape index (κ1) is 19.0. The van der Waals surface area contributed by atoms with Crippen LogP contribution in [0.1, 0.15) is 54.8 Å². The monoisotopic (exact) mass is 400 g/mol. The maximum absolute atomic E-state index is 12.8. The second-order valence-electron chi connectivity index (χ2n) is 7.66. The number of sulfonamides is 1. The van der Waals surface area contributed by atoms with Crippen LogP contribution >= 0.6 is 0 Å². The van der Waals surface area contributed by atoms with E-state index in [1.807, 2.05) is 0 Å². The van der Waals surface area contributed by atoms with Crippen LogP contribution in [0, 0.1) is 5.92 Å². The molecule has 1 unspecified atom stereocenters. The van der Waals surface area contributed by atoms with Crippen molar-refractivity contribution in [2.45, 2.75) is 43.4 Å². The summed E-state index contributed by atoms with van der Waals surface area (Å²) >= 11 is 0. The lowest BCUT2D eigenvalue weighted by molar-refractivity contribution is 0.102. The number of nitrogens with one attached hydrogen (secondary N) is 1. The zero-order valence-electron chi connectivity index (χ0n) is 15.8. The number of rotatable bonds is 5. The minimum atomic E-state index is -3.50. The molecule has 1 atom stereocenters. The van der Waals surface area contributed by atoms with E-state index < -0.39 is 10.0 Å². The van der Waals surface area contributed by atoms with Gasteiger partial charge >= 0.3 is 0 Å². The molecule has 148 valence electrons. The van der Waals surface area contributed by atoms with Gasteiger partial charge < -0.3 is 5.32 Å². The summed E-state index contributed by atoms with van der Waals surface area (Å²) in [6.45, 7) is 3.18. The molecular weight excluding hydrogens is 376 g/mol. The third-order valence-electron chi connectivity index (χ3n) is 5.22. The second-order valence-corrected chi connectivity index (χ2v) is 9.60. The van der Waals surface area contributed by atoms with E-state index in [2.05, 4.69) is 22.2 Å². The van der Waals surface area contributed by atoms with Crippen LogP contribution in [0.3, 0.4) is 0 Å². The van der Waals surface area contributed by atoms with Gasteiger partial charge in [-0.15, -0.1) is 0 Å². The first-order chi connectivity index (χ1) is 13.4. The average molecular weight is 401 g/mol. The number of anilines is 1. The fourth-order valence-electron chi connectivity index (χ4n) is 3.46. The molecule has 8 heteroatoms. The third-order valence-corrected chi connectivity index (χ3v) is 7.10. The Bertz CT molecular complexity index is 971. The quantitative estimate of drug-likeness (QED) is 0.833. The number of amides is 1. The van der Waals surface area contributed by atoms with Crippen molar-refractivity contribution < 1.29 is 13.2 Å². The molecule has 1 saturated carbocycles. The Morgan fingerprint density at radius 2 is 1.89 bits per heavy atom. The number of piperidine rings is 1. The Hall–Kier alpha value is -2.32. The number of carbonyl (C=O) groups excluding carboxylic acids is 1. The van der Waals surface area contributed by atoms with Crippen molar-refractivity contribution in [2.75, 3.05) is 18.4 Å². The summed E-state index contributed by atoms with van der Waals surface area (Å²) in [5.41, 5.74) is 0.846. The minimum Gasteiger partial charge on any atom is -0.321 e. The Kier molecular flexibility index (Phi) is 5.16.